The van der Waals surface area contributed by atoms with Gasteiger partial charge in [-0.15, -0.1) is 0 Å². The molecular weight excluding hydrogens is 314 g/mol. The summed E-state index contributed by atoms with van der Waals surface area (Å²) in [6.45, 7) is 4.97. The monoisotopic (exact) mass is 337 g/mol. The molecule has 1 N–H and O–H groups in total. The maximum Gasteiger partial charge on any atom is 0.263 e. The van der Waals surface area contributed by atoms with Crippen molar-refractivity contribution in [3.63, 3.8) is 0 Å². The van der Waals surface area contributed by atoms with E-state index in [0.29, 0.717) is 5.75 Å². The number of carbonyl (C=O) groups is 1. The van der Waals surface area contributed by atoms with Gasteiger partial charge in [-0.3, -0.25) is 9.78 Å². The zero-order valence-corrected chi connectivity index (χ0v) is 14.4. The molecule has 1 aromatic heterocycles. The van der Waals surface area contributed by atoms with Gasteiger partial charge < -0.3 is 15.0 Å². The van der Waals surface area contributed by atoms with Gasteiger partial charge in [0.05, 0.1) is 5.69 Å². The lowest BCUT2D eigenvalue weighted by atomic mass is 10.2. The molecule has 2 heterocycles. The van der Waals surface area contributed by atoms with E-state index in [2.05, 4.69) is 10.3 Å². The van der Waals surface area contributed by atoms with Crippen molar-refractivity contribution in [2.24, 2.45) is 0 Å². The topological polar surface area (TPSA) is 54.5 Å². The van der Waals surface area contributed by atoms with Gasteiger partial charge >= 0.3 is 0 Å². The number of nitrogens with one attached hydrogen (secondary N) is 1. The normalized spacial score (nSPS) is 16.0. The first-order valence-corrected chi connectivity index (χ1v) is 8.58. The predicted molar refractivity (Wildman–Crippen MR) is 99.1 cm³/mol. The first-order valence-electron chi connectivity index (χ1n) is 8.58. The summed E-state index contributed by atoms with van der Waals surface area (Å²) in [6, 6.07) is 13.5. The second-order valence-electron chi connectivity index (χ2n) is 5.99. The van der Waals surface area contributed by atoms with Crippen LogP contribution in [0, 0.1) is 0 Å². The molecule has 25 heavy (non-hydrogen) atoms. The van der Waals surface area contributed by atoms with Crippen LogP contribution < -0.4 is 10.1 Å². The molecule has 0 spiro atoms. The molecule has 1 aliphatic rings. The predicted octanol–water partition coefficient (Wildman–Crippen LogP) is 2.45. The van der Waals surface area contributed by atoms with Gasteiger partial charge in [0.15, 0.2) is 6.10 Å². The molecule has 0 radical (unpaired) electrons. The van der Waals surface area contributed by atoms with E-state index in [9.17, 15) is 4.79 Å². The van der Waals surface area contributed by atoms with Crippen LogP contribution in [0.15, 0.2) is 48.7 Å². The molecular formula is C20H23N3O2. The molecule has 130 valence electrons. The number of rotatable bonds is 5. The molecule has 1 unspecified atom stereocenters. The maximum absolute atomic E-state index is 12.4. The number of pyridine rings is 1. The second-order valence-corrected chi connectivity index (χ2v) is 5.99. The third-order valence-corrected chi connectivity index (χ3v) is 4.10. The quantitative estimate of drug-likeness (QED) is 0.911. The summed E-state index contributed by atoms with van der Waals surface area (Å²) in [4.78, 5) is 18.5. The van der Waals surface area contributed by atoms with Crippen LogP contribution in [-0.2, 0) is 4.79 Å². The molecule has 1 atom stereocenters. The Kier molecular flexibility index (Phi) is 5.80. The molecule has 1 amide bonds. The zero-order chi connectivity index (χ0) is 17.5. The van der Waals surface area contributed by atoms with Crippen molar-refractivity contribution in [3.8, 4) is 5.75 Å². The number of amides is 1. The summed E-state index contributed by atoms with van der Waals surface area (Å²) in [6.07, 6.45) is 5.26. The van der Waals surface area contributed by atoms with Gasteiger partial charge in [0.25, 0.3) is 5.91 Å². The number of ether oxygens (including phenoxy) is 1. The van der Waals surface area contributed by atoms with E-state index < -0.39 is 6.10 Å². The molecule has 5 nitrogen and oxygen atoms in total. The third kappa shape index (κ3) is 4.90. The Morgan fingerprint density at radius 2 is 1.92 bits per heavy atom. The van der Waals surface area contributed by atoms with Gasteiger partial charge in [0, 0.05) is 32.4 Å². The van der Waals surface area contributed by atoms with E-state index in [1.807, 2.05) is 59.5 Å². The Bertz CT molecular complexity index is 707. The number of hydrogen-bond acceptors (Lipinski definition) is 4. The highest BCUT2D eigenvalue weighted by Crippen LogP contribution is 2.16. The van der Waals surface area contributed by atoms with Crippen molar-refractivity contribution < 1.29 is 9.53 Å². The Balaban J connectivity index is 1.56. The van der Waals surface area contributed by atoms with Crippen LogP contribution in [0.5, 0.6) is 5.75 Å². The maximum atomic E-state index is 12.4. The molecule has 3 rings (SSSR count). The summed E-state index contributed by atoms with van der Waals surface area (Å²) in [5.74, 6) is 0.742. The number of piperazine rings is 1. The SMILES string of the molecule is CC(Oc1ccc(/C=C/c2ccccn2)cc1)C(=O)N1CCNCC1. The Labute approximate surface area is 148 Å². The molecule has 0 saturated carbocycles. The first kappa shape index (κ1) is 17.2. The fraction of sp³-hybridized carbons (Fsp3) is 0.300. The van der Waals surface area contributed by atoms with Crippen LogP contribution in [0.25, 0.3) is 12.2 Å². The highest BCUT2D eigenvalue weighted by molar-refractivity contribution is 5.81. The van der Waals surface area contributed by atoms with Gasteiger partial charge in [0.1, 0.15) is 5.75 Å². The van der Waals surface area contributed by atoms with Crippen molar-refractivity contribution in [3.05, 3.63) is 59.9 Å². The van der Waals surface area contributed by atoms with E-state index in [0.717, 1.165) is 37.4 Å². The van der Waals surface area contributed by atoms with Crippen LogP contribution in [0.2, 0.25) is 0 Å². The Hall–Kier alpha value is -2.66. The van der Waals surface area contributed by atoms with Gasteiger partial charge in [0.2, 0.25) is 0 Å². The summed E-state index contributed by atoms with van der Waals surface area (Å²) in [5.41, 5.74) is 1.97. The zero-order valence-electron chi connectivity index (χ0n) is 14.4. The molecule has 1 aromatic carbocycles. The van der Waals surface area contributed by atoms with E-state index in [1.165, 1.54) is 0 Å². The Morgan fingerprint density at radius 3 is 2.60 bits per heavy atom. The van der Waals surface area contributed by atoms with E-state index in [4.69, 9.17) is 4.74 Å². The van der Waals surface area contributed by atoms with Crippen LogP contribution in [0.3, 0.4) is 0 Å². The van der Waals surface area contributed by atoms with E-state index >= 15 is 0 Å². The van der Waals surface area contributed by atoms with Gasteiger partial charge in [-0.2, -0.15) is 0 Å². The van der Waals surface area contributed by atoms with Crippen molar-refractivity contribution in [1.82, 2.24) is 15.2 Å². The average molecular weight is 337 g/mol. The second kappa shape index (κ2) is 8.44. The minimum Gasteiger partial charge on any atom is -0.481 e. The Morgan fingerprint density at radius 1 is 1.16 bits per heavy atom. The summed E-state index contributed by atoms with van der Waals surface area (Å²) in [5, 5.41) is 3.24. The lowest BCUT2D eigenvalue weighted by molar-refractivity contribution is -0.138. The van der Waals surface area contributed by atoms with Crippen LogP contribution in [-0.4, -0.2) is 48.1 Å². The average Bonchev–Trinajstić information content (AvgIpc) is 2.68. The van der Waals surface area contributed by atoms with Gasteiger partial charge in [-0.05, 0) is 42.8 Å². The molecule has 1 aliphatic heterocycles. The number of hydrogen-bond donors (Lipinski definition) is 1. The highest BCUT2D eigenvalue weighted by Gasteiger charge is 2.23. The molecule has 1 saturated heterocycles. The molecule has 1 fully saturated rings. The molecule has 5 heteroatoms. The van der Waals surface area contributed by atoms with Crippen molar-refractivity contribution in [1.29, 1.82) is 0 Å². The standard InChI is InChI=1S/C20H23N3O2/c1-16(20(24)23-14-12-21-13-15-23)25-19-9-6-17(7-10-19)5-8-18-4-2-3-11-22-18/h2-11,16,21H,12-15H2,1H3/b8-5+. The minimum absolute atomic E-state index is 0.0422. The lowest BCUT2D eigenvalue weighted by Crippen LogP contribution is -2.50. The van der Waals surface area contributed by atoms with Crippen molar-refractivity contribution in [2.45, 2.75) is 13.0 Å². The number of carbonyl (C=O) groups excluding carboxylic acids is 1. The van der Waals surface area contributed by atoms with Crippen LogP contribution in [0.4, 0.5) is 0 Å². The van der Waals surface area contributed by atoms with E-state index in [1.54, 1.807) is 13.1 Å². The van der Waals surface area contributed by atoms with E-state index in [-0.39, 0.29) is 5.91 Å². The number of aromatic nitrogens is 1. The van der Waals surface area contributed by atoms with Gasteiger partial charge in [-0.1, -0.05) is 24.3 Å². The summed E-state index contributed by atoms with van der Waals surface area (Å²) < 4.78 is 5.80. The fourth-order valence-corrected chi connectivity index (χ4v) is 2.71. The molecule has 0 bridgehead atoms. The third-order valence-electron chi connectivity index (χ3n) is 4.10. The smallest absolute Gasteiger partial charge is 0.263 e. The highest BCUT2D eigenvalue weighted by atomic mass is 16.5. The number of benzene rings is 1. The summed E-state index contributed by atoms with van der Waals surface area (Å²) >= 11 is 0. The molecule has 0 aliphatic carbocycles. The van der Waals surface area contributed by atoms with Crippen LogP contribution in [0.1, 0.15) is 18.2 Å². The largest absolute Gasteiger partial charge is 0.481 e. The van der Waals surface area contributed by atoms with Crippen molar-refractivity contribution in [2.75, 3.05) is 26.2 Å². The first-order chi connectivity index (χ1) is 12.2. The molecule has 2 aromatic rings. The van der Waals surface area contributed by atoms with Gasteiger partial charge in [-0.25, -0.2) is 0 Å². The lowest BCUT2D eigenvalue weighted by Gasteiger charge is -2.29. The summed E-state index contributed by atoms with van der Waals surface area (Å²) in [7, 11) is 0. The van der Waals surface area contributed by atoms with Crippen molar-refractivity contribution >= 4 is 18.1 Å². The number of nitrogens with zero attached hydrogens (tertiary/aromatic N) is 2. The fourth-order valence-electron chi connectivity index (χ4n) is 2.71. The van der Waals surface area contributed by atoms with Crippen LogP contribution >= 0.6 is 0 Å². The minimum atomic E-state index is -0.479.